The third-order valence-electron chi connectivity index (χ3n) is 2.06. The third kappa shape index (κ3) is 4.68. The van der Waals surface area contributed by atoms with E-state index in [0.29, 0.717) is 12.2 Å². The maximum absolute atomic E-state index is 12.4. The summed E-state index contributed by atoms with van der Waals surface area (Å²) in [4.78, 5) is 0. The highest BCUT2D eigenvalue weighted by Gasteiger charge is 2.30. The number of alkyl halides is 3. The van der Waals surface area contributed by atoms with Gasteiger partial charge in [-0.05, 0) is 24.0 Å². The summed E-state index contributed by atoms with van der Waals surface area (Å²) in [5.41, 5.74) is -0.188. The van der Waals surface area contributed by atoms with Gasteiger partial charge in [0.1, 0.15) is 0 Å². The van der Waals surface area contributed by atoms with Gasteiger partial charge in [0.25, 0.3) is 0 Å². The molecule has 1 nitrogen and oxygen atoms in total. The molecule has 0 unspecified atom stereocenters. The average molecular weight is 284 g/mol. The van der Waals surface area contributed by atoms with Gasteiger partial charge in [0.15, 0.2) is 0 Å². The lowest BCUT2D eigenvalue weighted by atomic mass is 10.2. The van der Waals surface area contributed by atoms with Crippen molar-refractivity contribution in [2.45, 2.75) is 13.1 Å². The Bertz CT molecular complexity index is 368. The quantitative estimate of drug-likeness (QED) is 0.797. The second kappa shape index (κ2) is 6.40. The predicted molar refractivity (Wildman–Crippen MR) is 67.9 cm³/mol. The first-order chi connectivity index (χ1) is 7.95. The molecule has 0 radical (unpaired) electrons. The van der Waals surface area contributed by atoms with Crippen LogP contribution in [-0.4, -0.2) is 18.1 Å². The molecule has 1 aromatic carbocycles. The van der Waals surface area contributed by atoms with Crippen LogP contribution in [0.2, 0.25) is 5.02 Å². The van der Waals surface area contributed by atoms with Gasteiger partial charge in [-0.2, -0.15) is 24.9 Å². The van der Waals surface area contributed by atoms with Gasteiger partial charge in [-0.3, -0.25) is 0 Å². The highest BCUT2D eigenvalue weighted by molar-refractivity contribution is 7.99. The van der Waals surface area contributed by atoms with Crippen LogP contribution in [0.5, 0.6) is 0 Å². The number of rotatable bonds is 5. The number of nitrogens with one attached hydrogen (secondary N) is 1. The molecule has 0 saturated carbocycles. The normalized spacial score (nSPS) is 11.6. The molecule has 0 aliphatic heterocycles. The Labute approximate surface area is 108 Å². The number of anilines is 1. The van der Waals surface area contributed by atoms with Crippen LogP contribution in [0, 0.1) is 0 Å². The van der Waals surface area contributed by atoms with E-state index in [4.69, 9.17) is 11.6 Å². The van der Waals surface area contributed by atoms with E-state index < -0.39 is 11.7 Å². The molecule has 0 amide bonds. The first-order valence-electron chi connectivity index (χ1n) is 5.13. The smallest absolute Gasteiger partial charge is 0.383 e. The first-order valence-corrected chi connectivity index (χ1v) is 6.66. The largest absolute Gasteiger partial charge is 0.416 e. The van der Waals surface area contributed by atoms with Gasteiger partial charge in [0.2, 0.25) is 0 Å². The van der Waals surface area contributed by atoms with Crippen molar-refractivity contribution in [1.29, 1.82) is 0 Å². The lowest BCUT2D eigenvalue weighted by molar-refractivity contribution is -0.137. The number of halogens is 4. The molecule has 96 valence electrons. The minimum Gasteiger partial charge on any atom is -0.383 e. The van der Waals surface area contributed by atoms with E-state index in [-0.39, 0.29) is 5.02 Å². The molecule has 1 aromatic rings. The van der Waals surface area contributed by atoms with Crippen molar-refractivity contribution in [3.05, 3.63) is 28.8 Å². The van der Waals surface area contributed by atoms with Gasteiger partial charge in [-0.15, -0.1) is 0 Å². The molecule has 0 fully saturated rings. The highest BCUT2D eigenvalue weighted by atomic mass is 35.5. The Kier molecular flexibility index (Phi) is 5.46. The molecule has 0 heterocycles. The van der Waals surface area contributed by atoms with E-state index in [2.05, 4.69) is 12.2 Å². The molecular weight excluding hydrogens is 271 g/mol. The summed E-state index contributed by atoms with van der Waals surface area (Å²) >= 11 is 7.53. The Morgan fingerprint density at radius 2 is 2.06 bits per heavy atom. The van der Waals surface area contributed by atoms with Crippen molar-refractivity contribution >= 4 is 29.1 Å². The van der Waals surface area contributed by atoms with Crippen molar-refractivity contribution in [2.75, 3.05) is 23.4 Å². The van der Waals surface area contributed by atoms with E-state index in [1.165, 1.54) is 6.07 Å². The lowest BCUT2D eigenvalue weighted by Crippen LogP contribution is -2.07. The van der Waals surface area contributed by atoms with Gasteiger partial charge in [0.05, 0.1) is 16.3 Å². The third-order valence-corrected chi connectivity index (χ3v) is 3.28. The molecule has 0 bridgehead atoms. The lowest BCUT2D eigenvalue weighted by Gasteiger charge is -2.11. The molecule has 1 rings (SSSR count). The van der Waals surface area contributed by atoms with Crippen LogP contribution in [0.3, 0.4) is 0 Å². The van der Waals surface area contributed by atoms with Crippen LogP contribution >= 0.6 is 23.4 Å². The van der Waals surface area contributed by atoms with Gasteiger partial charge in [0, 0.05) is 12.3 Å². The minimum absolute atomic E-state index is 0.0984. The molecule has 0 saturated heterocycles. The van der Waals surface area contributed by atoms with Crippen LogP contribution in [0.15, 0.2) is 18.2 Å². The Morgan fingerprint density at radius 3 is 2.59 bits per heavy atom. The maximum atomic E-state index is 12.4. The second-order valence-electron chi connectivity index (χ2n) is 3.32. The topological polar surface area (TPSA) is 12.0 Å². The Balaban J connectivity index is 2.64. The van der Waals surface area contributed by atoms with Gasteiger partial charge >= 0.3 is 6.18 Å². The monoisotopic (exact) mass is 283 g/mol. The molecule has 17 heavy (non-hydrogen) atoms. The fourth-order valence-electron chi connectivity index (χ4n) is 1.24. The molecular formula is C11H13ClF3NS. The second-order valence-corrected chi connectivity index (χ2v) is 5.12. The van der Waals surface area contributed by atoms with Crippen LogP contribution in [0.25, 0.3) is 0 Å². The highest BCUT2D eigenvalue weighted by Crippen LogP contribution is 2.33. The number of hydrogen-bond acceptors (Lipinski definition) is 2. The zero-order valence-corrected chi connectivity index (χ0v) is 10.8. The summed E-state index contributed by atoms with van der Waals surface area (Å²) in [6.07, 6.45) is -4.35. The van der Waals surface area contributed by atoms with Crippen molar-refractivity contribution in [3.63, 3.8) is 0 Å². The maximum Gasteiger partial charge on any atom is 0.416 e. The van der Waals surface area contributed by atoms with Crippen LogP contribution < -0.4 is 5.32 Å². The van der Waals surface area contributed by atoms with E-state index >= 15 is 0 Å². The predicted octanol–water partition coefficient (Wildman–Crippen LogP) is 4.52. The van der Waals surface area contributed by atoms with Crippen molar-refractivity contribution < 1.29 is 13.2 Å². The first kappa shape index (κ1) is 14.5. The fourth-order valence-corrected chi connectivity index (χ4v) is 2.02. The van der Waals surface area contributed by atoms with E-state index in [1.54, 1.807) is 11.8 Å². The van der Waals surface area contributed by atoms with E-state index in [1.807, 2.05) is 0 Å². The molecule has 0 atom stereocenters. The average Bonchev–Trinajstić information content (AvgIpc) is 2.24. The number of thioether (sulfide) groups is 1. The molecule has 0 aromatic heterocycles. The molecule has 1 N–H and O–H groups in total. The van der Waals surface area contributed by atoms with Gasteiger partial charge in [-0.25, -0.2) is 0 Å². The number of benzene rings is 1. The molecule has 0 spiro atoms. The SMILES string of the molecule is CCSCCNc1ccc(C(F)(F)F)cc1Cl. The summed E-state index contributed by atoms with van der Waals surface area (Å²) in [6, 6.07) is 3.33. The molecule has 6 heteroatoms. The van der Waals surface area contributed by atoms with E-state index in [9.17, 15) is 13.2 Å². The van der Waals surface area contributed by atoms with Crippen molar-refractivity contribution in [3.8, 4) is 0 Å². The Hall–Kier alpha value is -0.550. The summed E-state index contributed by atoms with van der Waals surface area (Å²) in [5, 5.41) is 3.10. The van der Waals surface area contributed by atoms with Crippen molar-refractivity contribution in [2.24, 2.45) is 0 Å². The van der Waals surface area contributed by atoms with Crippen molar-refractivity contribution in [1.82, 2.24) is 0 Å². The van der Waals surface area contributed by atoms with Crippen LogP contribution in [0.4, 0.5) is 18.9 Å². The Morgan fingerprint density at radius 1 is 1.35 bits per heavy atom. The van der Waals surface area contributed by atoms with Gasteiger partial charge in [-0.1, -0.05) is 18.5 Å². The summed E-state index contributed by atoms with van der Waals surface area (Å²) in [6.45, 7) is 2.74. The molecule has 0 aliphatic rings. The number of hydrogen-bond donors (Lipinski definition) is 1. The standard InChI is InChI=1S/C11H13ClF3NS/c1-2-17-6-5-16-10-4-3-8(7-9(10)12)11(13,14)15/h3-4,7,16H,2,5-6H2,1H3. The summed E-state index contributed by atoms with van der Waals surface area (Å²) in [5.74, 6) is 1.91. The molecule has 0 aliphatic carbocycles. The van der Waals surface area contributed by atoms with Gasteiger partial charge < -0.3 is 5.32 Å². The van der Waals surface area contributed by atoms with E-state index in [0.717, 1.165) is 23.6 Å². The van der Waals surface area contributed by atoms with Crippen LogP contribution in [-0.2, 0) is 6.18 Å². The minimum atomic E-state index is -4.35. The zero-order valence-electron chi connectivity index (χ0n) is 9.27. The van der Waals surface area contributed by atoms with Crippen LogP contribution in [0.1, 0.15) is 12.5 Å². The zero-order chi connectivity index (χ0) is 12.9. The fraction of sp³-hybridized carbons (Fsp3) is 0.455. The summed E-state index contributed by atoms with van der Waals surface area (Å²) in [7, 11) is 0. The summed E-state index contributed by atoms with van der Waals surface area (Å²) < 4.78 is 37.1.